The molecular weight excluding hydrogens is 504 g/mol. The summed E-state index contributed by atoms with van der Waals surface area (Å²) in [4.78, 5) is 13.4. The number of halogens is 1. The fraction of sp³-hybridized carbons (Fsp3) is 0.115. The summed E-state index contributed by atoms with van der Waals surface area (Å²) in [5, 5.41) is 3.86. The zero-order valence-electron chi connectivity index (χ0n) is 19.0. The van der Waals surface area contributed by atoms with E-state index >= 15 is 0 Å². The molecule has 0 bridgehead atoms. The van der Waals surface area contributed by atoms with Gasteiger partial charge in [0, 0.05) is 10.6 Å². The molecule has 0 aliphatic heterocycles. The molecule has 3 N–H and O–H groups in total. The minimum atomic E-state index is -4.06. The molecule has 35 heavy (non-hydrogen) atoms. The Morgan fingerprint density at radius 3 is 2.34 bits per heavy atom. The van der Waals surface area contributed by atoms with Crippen LogP contribution in [0.25, 0.3) is 0 Å². The van der Waals surface area contributed by atoms with Crippen molar-refractivity contribution >= 4 is 54.9 Å². The number of ether oxygens (including phenoxy) is 1. The average molecular weight is 527 g/mol. The monoisotopic (exact) mass is 526 g/mol. The Bertz CT molecular complexity index is 1480. The summed E-state index contributed by atoms with van der Waals surface area (Å²) >= 11 is 6.94. The van der Waals surface area contributed by atoms with Crippen molar-refractivity contribution in [2.45, 2.75) is 23.6 Å². The quantitative estimate of drug-likeness (QED) is 0.254. The lowest BCUT2D eigenvalue weighted by Crippen LogP contribution is -2.08. The fourth-order valence-corrected chi connectivity index (χ4v) is 6.54. The van der Waals surface area contributed by atoms with E-state index in [0.29, 0.717) is 28.6 Å². The molecular formula is C26H23ClN2O4S2. The number of nitrogens with one attached hydrogen (secondary N) is 1. The highest BCUT2D eigenvalue weighted by molar-refractivity contribution is 7.92. The van der Waals surface area contributed by atoms with Gasteiger partial charge in [-0.15, -0.1) is 11.3 Å². The Hall–Kier alpha value is -3.33. The molecule has 0 radical (unpaired) electrons. The Kier molecular flexibility index (Phi) is 7.16. The molecule has 6 nitrogen and oxygen atoms in total. The van der Waals surface area contributed by atoms with Crippen LogP contribution in [0.5, 0.6) is 5.75 Å². The fourth-order valence-electron chi connectivity index (χ4n) is 3.49. The van der Waals surface area contributed by atoms with Gasteiger partial charge >= 0.3 is 0 Å². The number of anilines is 3. The molecule has 1 heterocycles. The van der Waals surface area contributed by atoms with E-state index in [2.05, 4.69) is 5.32 Å². The number of carbonyl (C=O) groups is 1. The Morgan fingerprint density at radius 2 is 1.69 bits per heavy atom. The van der Waals surface area contributed by atoms with Crippen LogP contribution in [0.3, 0.4) is 0 Å². The van der Waals surface area contributed by atoms with Crippen LogP contribution in [0.15, 0.2) is 82.6 Å². The van der Waals surface area contributed by atoms with Gasteiger partial charge < -0.3 is 15.8 Å². The van der Waals surface area contributed by atoms with Crippen LogP contribution in [-0.2, 0) is 9.84 Å². The number of carbonyl (C=O) groups excluding carboxylic acids is 1. The lowest BCUT2D eigenvalue weighted by molar-refractivity contribution is 0.104. The van der Waals surface area contributed by atoms with Crippen molar-refractivity contribution in [1.29, 1.82) is 0 Å². The van der Waals surface area contributed by atoms with Gasteiger partial charge in [0.25, 0.3) is 0 Å². The maximum absolute atomic E-state index is 13.7. The largest absolute Gasteiger partial charge is 0.492 e. The molecule has 0 spiro atoms. The van der Waals surface area contributed by atoms with Crippen molar-refractivity contribution in [1.82, 2.24) is 0 Å². The standard InChI is InChI=1S/C26H23ClN2O4S2/c1-3-33-21-7-5-4-6-20(21)29-26-25(35(31,32)19-14-8-16(2)9-15-19)22(28)24(34-26)23(30)17-10-12-18(27)13-11-17/h4-15,29H,3,28H2,1-2H3. The molecule has 1 aromatic heterocycles. The minimum absolute atomic E-state index is 0.0826. The molecule has 9 heteroatoms. The topological polar surface area (TPSA) is 98.5 Å². The van der Waals surface area contributed by atoms with Crippen molar-refractivity contribution < 1.29 is 17.9 Å². The van der Waals surface area contributed by atoms with E-state index in [4.69, 9.17) is 22.1 Å². The maximum Gasteiger partial charge on any atom is 0.211 e. The first-order valence-electron chi connectivity index (χ1n) is 10.8. The molecule has 4 aromatic rings. The zero-order valence-corrected chi connectivity index (χ0v) is 21.4. The van der Waals surface area contributed by atoms with Crippen LogP contribution in [-0.4, -0.2) is 20.8 Å². The first-order valence-corrected chi connectivity index (χ1v) is 13.4. The number of rotatable bonds is 8. The van der Waals surface area contributed by atoms with Crippen molar-refractivity contribution in [3.63, 3.8) is 0 Å². The van der Waals surface area contributed by atoms with E-state index < -0.39 is 15.6 Å². The Labute approximate surface area is 213 Å². The number of nitrogens with two attached hydrogens (primary N) is 1. The number of nitrogen functional groups attached to an aromatic ring is 1. The highest BCUT2D eigenvalue weighted by Crippen LogP contribution is 2.45. The number of sulfone groups is 1. The van der Waals surface area contributed by atoms with Gasteiger partial charge in [-0.3, -0.25) is 4.79 Å². The molecule has 4 rings (SSSR count). The average Bonchev–Trinajstić information content (AvgIpc) is 3.17. The second-order valence-corrected chi connectivity index (χ2v) is 11.1. The lowest BCUT2D eigenvalue weighted by Gasteiger charge is -2.13. The highest BCUT2D eigenvalue weighted by Gasteiger charge is 2.32. The van der Waals surface area contributed by atoms with Gasteiger partial charge in [0.05, 0.1) is 22.9 Å². The maximum atomic E-state index is 13.7. The van der Waals surface area contributed by atoms with Gasteiger partial charge in [-0.1, -0.05) is 41.4 Å². The van der Waals surface area contributed by atoms with Crippen LogP contribution >= 0.6 is 22.9 Å². The summed E-state index contributed by atoms with van der Waals surface area (Å²) in [7, 11) is -4.06. The molecule has 0 fully saturated rings. The minimum Gasteiger partial charge on any atom is -0.492 e. The van der Waals surface area contributed by atoms with E-state index in [1.807, 2.05) is 19.9 Å². The first kappa shape index (κ1) is 24.8. The van der Waals surface area contributed by atoms with Crippen molar-refractivity contribution in [3.05, 3.63) is 93.8 Å². The van der Waals surface area contributed by atoms with Crippen molar-refractivity contribution in [2.75, 3.05) is 17.7 Å². The van der Waals surface area contributed by atoms with E-state index in [1.165, 1.54) is 12.1 Å². The predicted octanol–water partition coefficient (Wildman–Crippen LogP) is 6.50. The van der Waals surface area contributed by atoms with Gasteiger partial charge in [-0.2, -0.15) is 0 Å². The predicted molar refractivity (Wildman–Crippen MR) is 141 cm³/mol. The van der Waals surface area contributed by atoms with Crippen LogP contribution < -0.4 is 15.8 Å². The van der Waals surface area contributed by atoms with Gasteiger partial charge in [0.15, 0.2) is 0 Å². The van der Waals surface area contributed by atoms with Gasteiger partial charge in [-0.25, -0.2) is 8.42 Å². The van der Waals surface area contributed by atoms with Crippen LogP contribution in [0.1, 0.15) is 27.7 Å². The van der Waals surface area contributed by atoms with Crippen molar-refractivity contribution in [3.8, 4) is 5.75 Å². The number of para-hydroxylation sites is 2. The number of hydrogen-bond acceptors (Lipinski definition) is 7. The number of aryl methyl sites for hydroxylation is 1. The lowest BCUT2D eigenvalue weighted by atomic mass is 10.1. The molecule has 0 aliphatic carbocycles. The van der Waals surface area contributed by atoms with E-state index in [-0.39, 0.29) is 25.4 Å². The summed E-state index contributed by atoms with van der Waals surface area (Å²) in [5.41, 5.74) is 8.11. The molecule has 0 saturated carbocycles. The number of thiophene rings is 1. The second kappa shape index (κ2) is 10.1. The molecule has 0 saturated heterocycles. The summed E-state index contributed by atoms with van der Waals surface area (Å²) < 4.78 is 33.1. The highest BCUT2D eigenvalue weighted by atomic mass is 35.5. The summed E-state index contributed by atoms with van der Waals surface area (Å²) in [6, 6.07) is 20.0. The Morgan fingerprint density at radius 1 is 1.03 bits per heavy atom. The number of benzene rings is 3. The zero-order chi connectivity index (χ0) is 25.2. The third-order valence-corrected chi connectivity index (χ3v) is 8.60. The third kappa shape index (κ3) is 5.05. The summed E-state index contributed by atoms with van der Waals surface area (Å²) in [5.74, 6) is 0.155. The Balaban J connectivity index is 1.89. The molecule has 0 unspecified atom stereocenters. The second-order valence-electron chi connectivity index (χ2n) is 7.71. The normalized spacial score (nSPS) is 11.3. The van der Waals surface area contributed by atoms with Crippen LogP contribution in [0.2, 0.25) is 5.02 Å². The molecule has 3 aromatic carbocycles. The van der Waals surface area contributed by atoms with Crippen LogP contribution in [0, 0.1) is 6.92 Å². The number of ketones is 1. The smallest absolute Gasteiger partial charge is 0.211 e. The molecule has 180 valence electrons. The van der Waals surface area contributed by atoms with Gasteiger partial charge in [0.2, 0.25) is 15.6 Å². The van der Waals surface area contributed by atoms with Crippen LogP contribution in [0.4, 0.5) is 16.4 Å². The third-order valence-electron chi connectivity index (χ3n) is 5.25. The molecule has 0 amide bonds. The summed E-state index contributed by atoms with van der Waals surface area (Å²) in [6.45, 7) is 4.16. The van der Waals surface area contributed by atoms with E-state index in [0.717, 1.165) is 16.9 Å². The van der Waals surface area contributed by atoms with Crippen molar-refractivity contribution in [2.24, 2.45) is 0 Å². The van der Waals surface area contributed by atoms with E-state index in [1.54, 1.807) is 54.6 Å². The number of hydrogen-bond donors (Lipinski definition) is 2. The van der Waals surface area contributed by atoms with Gasteiger partial charge in [0.1, 0.15) is 20.5 Å². The molecule has 0 atom stereocenters. The first-order chi connectivity index (χ1) is 16.7. The summed E-state index contributed by atoms with van der Waals surface area (Å²) in [6.07, 6.45) is 0. The van der Waals surface area contributed by atoms with Gasteiger partial charge in [-0.05, 0) is 62.4 Å². The van der Waals surface area contributed by atoms with E-state index in [9.17, 15) is 13.2 Å². The SMILES string of the molecule is CCOc1ccccc1Nc1sc(C(=O)c2ccc(Cl)cc2)c(N)c1S(=O)(=O)c1ccc(C)cc1. The molecule has 0 aliphatic rings.